The summed E-state index contributed by atoms with van der Waals surface area (Å²) in [5, 5.41) is 0. The molecule has 0 aromatic heterocycles. The Labute approximate surface area is 64.1 Å². The van der Waals surface area contributed by atoms with Crippen LogP contribution in [0.5, 0.6) is 0 Å². The highest BCUT2D eigenvalue weighted by Gasteiger charge is 2.57. The maximum Gasteiger partial charge on any atom is 0.296 e. The van der Waals surface area contributed by atoms with Crippen molar-refractivity contribution in [1.29, 1.82) is 0 Å². The molecule has 0 bridgehead atoms. The summed E-state index contributed by atoms with van der Waals surface area (Å²) in [5.41, 5.74) is -2.47. The van der Waals surface area contributed by atoms with E-state index in [9.17, 15) is 22.0 Å². The van der Waals surface area contributed by atoms with Crippen molar-refractivity contribution in [3.8, 4) is 0 Å². The van der Waals surface area contributed by atoms with E-state index in [4.69, 9.17) is 0 Å². The van der Waals surface area contributed by atoms with E-state index in [1.165, 1.54) is 0 Å². The fraction of sp³-hybridized carbons (Fsp3) is 1.00. The van der Waals surface area contributed by atoms with E-state index in [0.29, 0.717) is 0 Å². The van der Waals surface area contributed by atoms with Crippen molar-refractivity contribution in [3.05, 3.63) is 0 Å². The molecule has 0 aromatic rings. The van der Waals surface area contributed by atoms with Crippen molar-refractivity contribution >= 4 is 11.8 Å². The minimum Gasteiger partial charge on any atom is -0.229 e. The number of alkyl halides is 5. The summed E-state index contributed by atoms with van der Waals surface area (Å²) in [6, 6.07) is 0. The van der Waals surface area contributed by atoms with Crippen LogP contribution in [0.3, 0.4) is 0 Å². The molecule has 0 nitrogen and oxygen atoms in total. The second-order valence-electron chi connectivity index (χ2n) is 2.26. The number of hydrogen-bond acceptors (Lipinski definition) is 1. The highest BCUT2D eigenvalue weighted by molar-refractivity contribution is 8.00. The molecule has 1 fully saturated rings. The molecule has 0 radical (unpaired) electrons. The third-order valence-electron chi connectivity index (χ3n) is 1.52. The van der Waals surface area contributed by atoms with Crippen LogP contribution in [0.25, 0.3) is 0 Å². The van der Waals surface area contributed by atoms with Gasteiger partial charge < -0.3 is 0 Å². The maximum absolute atomic E-state index is 12.4. The van der Waals surface area contributed by atoms with E-state index >= 15 is 0 Å². The van der Waals surface area contributed by atoms with Crippen molar-refractivity contribution in [2.75, 3.05) is 5.75 Å². The predicted molar refractivity (Wildman–Crippen MR) is 31.8 cm³/mol. The van der Waals surface area contributed by atoms with Crippen LogP contribution in [0.2, 0.25) is 0 Å². The van der Waals surface area contributed by atoms with Gasteiger partial charge >= 0.3 is 0 Å². The Morgan fingerprint density at radius 3 is 2.09 bits per heavy atom. The molecule has 0 N–H and O–H groups in total. The summed E-state index contributed by atoms with van der Waals surface area (Å²) in [6.45, 7) is 0. The van der Waals surface area contributed by atoms with Crippen LogP contribution in [-0.4, -0.2) is 23.6 Å². The molecule has 6 heteroatoms. The fourth-order valence-electron chi connectivity index (χ4n) is 0.819. The highest BCUT2D eigenvalue weighted by Crippen LogP contribution is 2.47. The van der Waals surface area contributed by atoms with Gasteiger partial charge in [-0.2, -0.15) is 0 Å². The van der Waals surface area contributed by atoms with Gasteiger partial charge in [-0.25, -0.2) is 22.0 Å². The van der Waals surface area contributed by atoms with Gasteiger partial charge in [0.05, 0.1) is 5.92 Å². The van der Waals surface area contributed by atoms with Gasteiger partial charge in [0.25, 0.3) is 5.92 Å². The molecule has 66 valence electrons. The highest BCUT2D eigenvalue weighted by atomic mass is 32.2. The minimum absolute atomic E-state index is 0.244. The number of rotatable bonds is 1. The minimum atomic E-state index is -3.86. The first kappa shape index (κ1) is 9.09. The first-order valence-electron chi connectivity index (χ1n) is 2.88. The van der Waals surface area contributed by atoms with Crippen LogP contribution in [0.4, 0.5) is 22.0 Å². The number of thioether (sulfide) groups is 1. The summed E-state index contributed by atoms with van der Waals surface area (Å²) < 4.78 is 60.4. The zero-order chi connectivity index (χ0) is 8.65. The molecule has 0 saturated carbocycles. The van der Waals surface area contributed by atoms with Gasteiger partial charge in [0.1, 0.15) is 0 Å². The van der Waals surface area contributed by atoms with Gasteiger partial charge in [0.2, 0.25) is 11.9 Å². The molecule has 0 aliphatic carbocycles. The number of halogens is 5. The largest absolute Gasteiger partial charge is 0.296 e. The maximum atomic E-state index is 12.4. The Morgan fingerprint density at radius 2 is 1.91 bits per heavy atom. The zero-order valence-electron chi connectivity index (χ0n) is 5.24. The average Bonchev–Trinajstić information content (AvgIpc) is 2.08. The van der Waals surface area contributed by atoms with Crippen molar-refractivity contribution in [3.63, 3.8) is 0 Å². The molecule has 11 heavy (non-hydrogen) atoms. The molecule has 2 atom stereocenters. The summed E-state index contributed by atoms with van der Waals surface area (Å²) in [4.78, 5) is 0. The van der Waals surface area contributed by atoms with Crippen molar-refractivity contribution in [2.45, 2.75) is 17.9 Å². The molecular weight excluding hydrogens is 187 g/mol. The van der Waals surface area contributed by atoms with Gasteiger partial charge in [-0.3, -0.25) is 0 Å². The van der Waals surface area contributed by atoms with Crippen molar-refractivity contribution in [2.24, 2.45) is 5.92 Å². The van der Waals surface area contributed by atoms with Crippen LogP contribution < -0.4 is 0 Å². The number of hydrogen-bond donors (Lipinski definition) is 0. The van der Waals surface area contributed by atoms with E-state index in [1.54, 1.807) is 0 Å². The molecule has 0 spiro atoms. The average molecular weight is 192 g/mol. The normalized spacial score (nSPS) is 36.5. The Morgan fingerprint density at radius 1 is 1.36 bits per heavy atom. The monoisotopic (exact) mass is 192 g/mol. The van der Waals surface area contributed by atoms with Gasteiger partial charge in [-0.1, -0.05) is 0 Å². The molecule has 1 heterocycles. The van der Waals surface area contributed by atoms with Crippen LogP contribution in [0.15, 0.2) is 0 Å². The van der Waals surface area contributed by atoms with E-state index in [2.05, 4.69) is 0 Å². The third kappa shape index (κ3) is 1.45. The summed E-state index contributed by atoms with van der Waals surface area (Å²) in [7, 11) is 0. The SMILES string of the molecule is FC(F)C1CSC(F)C1(F)F. The predicted octanol–water partition coefficient (Wildman–Crippen LogP) is 2.55. The van der Waals surface area contributed by atoms with E-state index in [-0.39, 0.29) is 11.8 Å². The molecule has 1 aliphatic heterocycles. The van der Waals surface area contributed by atoms with E-state index < -0.39 is 29.5 Å². The van der Waals surface area contributed by atoms with Crippen molar-refractivity contribution < 1.29 is 22.0 Å². The van der Waals surface area contributed by atoms with Crippen LogP contribution >= 0.6 is 11.8 Å². The van der Waals surface area contributed by atoms with Crippen LogP contribution in [0.1, 0.15) is 0 Å². The third-order valence-corrected chi connectivity index (χ3v) is 2.68. The summed E-state index contributed by atoms with van der Waals surface area (Å²) in [5.74, 6) is -6.49. The van der Waals surface area contributed by atoms with Gasteiger partial charge in [-0.05, 0) is 0 Å². The quantitative estimate of drug-likeness (QED) is 0.575. The van der Waals surface area contributed by atoms with E-state index in [1.807, 2.05) is 0 Å². The lowest BCUT2D eigenvalue weighted by molar-refractivity contribution is -0.118. The lowest BCUT2D eigenvalue weighted by Crippen LogP contribution is -2.35. The van der Waals surface area contributed by atoms with Crippen LogP contribution in [-0.2, 0) is 0 Å². The smallest absolute Gasteiger partial charge is 0.229 e. The molecule has 1 aliphatic rings. The second-order valence-corrected chi connectivity index (χ2v) is 3.35. The van der Waals surface area contributed by atoms with Gasteiger partial charge in [0.15, 0.2) is 0 Å². The lowest BCUT2D eigenvalue weighted by Gasteiger charge is -2.17. The Kier molecular flexibility index (Phi) is 2.32. The molecule has 0 amide bonds. The summed E-state index contributed by atoms with van der Waals surface area (Å²) in [6.07, 6.45) is -3.14. The Balaban J connectivity index is 2.70. The second kappa shape index (κ2) is 2.80. The van der Waals surface area contributed by atoms with Gasteiger partial charge in [-0.15, -0.1) is 11.8 Å². The zero-order valence-corrected chi connectivity index (χ0v) is 6.05. The summed E-state index contributed by atoms with van der Waals surface area (Å²) >= 11 is 0.244. The molecule has 0 aromatic carbocycles. The Bertz CT molecular complexity index is 148. The molecule has 1 rings (SSSR count). The first-order valence-corrected chi connectivity index (χ1v) is 3.92. The molecular formula is C5H5F5S. The molecule has 1 saturated heterocycles. The standard InChI is InChI=1S/C5H5F5S/c6-3(7)2-1-11-4(8)5(2,9)10/h2-4H,1H2. The molecule has 2 unspecified atom stereocenters. The Hall–Kier alpha value is -0.0000000000000000555. The first-order chi connectivity index (χ1) is 4.96. The fourth-order valence-corrected chi connectivity index (χ4v) is 1.96. The van der Waals surface area contributed by atoms with Crippen molar-refractivity contribution in [1.82, 2.24) is 0 Å². The topological polar surface area (TPSA) is 0 Å². The van der Waals surface area contributed by atoms with Crippen LogP contribution in [0, 0.1) is 5.92 Å². The van der Waals surface area contributed by atoms with Gasteiger partial charge in [0, 0.05) is 5.75 Å². The van der Waals surface area contributed by atoms with E-state index in [0.717, 1.165) is 0 Å². The lowest BCUT2D eigenvalue weighted by atomic mass is 10.1.